The molecular weight excluding hydrogens is 704 g/mol. The average Bonchev–Trinajstić information content (AvgIpc) is 4.05. The molecule has 9 aliphatic rings. The number of cyclic esters (lactones) is 3. The molecule has 54 heavy (non-hydrogen) atoms. The third kappa shape index (κ3) is 4.22. The van der Waals surface area contributed by atoms with Crippen LogP contribution in [0.4, 0.5) is 0 Å². The Labute approximate surface area is 310 Å². The van der Waals surface area contributed by atoms with Gasteiger partial charge < -0.3 is 39.0 Å². The molecule has 0 aromatic rings. The number of hydrogen-bond acceptors (Lipinski definition) is 14. The van der Waals surface area contributed by atoms with Crippen molar-refractivity contribution in [1.82, 2.24) is 0 Å². The van der Waals surface area contributed by atoms with Gasteiger partial charge in [0.1, 0.15) is 31.5 Å². The molecule has 0 radical (unpaired) electrons. The molecule has 0 saturated heterocycles. The van der Waals surface area contributed by atoms with Crippen LogP contribution in [0.25, 0.3) is 0 Å². The molecule has 0 aromatic carbocycles. The van der Waals surface area contributed by atoms with Crippen LogP contribution in [0.15, 0.2) is 45.1 Å². The van der Waals surface area contributed by atoms with E-state index in [0.29, 0.717) is 35.1 Å². The minimum atomic E-state index is -1.79. The lowest BCUT2D eigenvalue weighted by molar-refractivity contribution is -0.206. The van der Waals surface area contributed by atoms with E-state index in [0.717, 1.165) is 0 Å². The number of aliphatic hydroxyl groups excluding tert-OH is 2. The van der Waals surface area contributed by atoms with Crippen molar-refractivity contribution in [1.29, 1.82) is 0 Å². The van der Waals surface area contributed by atoms with Crippen molar-refractivity contribution >= 4 is 35.6 Å². The van der Waals surface area contributed by atoms with Crippen molar-refractivity contribution in [2.24, 2.45) is 52.3 Å². The Balaban J connectivity index is 1.28. The summed E-state index contributed by atoms with van der Waals surface area (Å²) in [6.45, 7) is 5.61. The largest absolute Gasteiger partial charge is 0.466 e. The smallest absolute Gasteiger partial charge is 0.338 e. The van der Waals surface area contributed by atoms with Gasteiger partial charge in [0.25, 0.3) is 0 Å². The Morgan fingerprint density at radius 1 is 0.944 bits per heavy atom. The molecule has 14 heteroatoms. The predicted molar refractivity (Wildman–Crippen MR) is 180 cm³/mol. The van der Waals surface area contributed by atoms with Gasteiger partial charge >= 0.3 is 29.8 Å². The number of carbonyl (C=O) groups is 6. The van der Waals surface area contributed by atoms with Crippen LogP contribution in [0.5, 0.6) is 0 Å². The van der Waals surface area contributed by atoms with Crippen LogP contribution in [0, 0.1) is 52.3 Å². The lowest BCUT2D eigenvalue weighted by atomic mass is 9.41. The molecule has 2 bridgehead atoms. The highest BCUT2D eigenvalue weighted by Gasteiger charge is 2.85. The van der Waals surface area contributed by atoms with Crippen LogP contribution in [0.3, 0.4) is 0 Å². The van der Waals surface area contributed by atoms with Gasteiger partial charge in [0.2, 0.25) is 0 Å². The fraction of sp³-hybridized carbons (Fsp3) is 0.650. The van der Waals surface area contributed by atoms with Crippen molar-refractivity contribution in [3.05, 3.63) is 45.1 Å². The summed E-state index contributed by atoms with van der Waals surface area (Å²) in [5, 5.41) is 37.5. The molecule has 0 amide bonds. The van der Waals surface area contributed by atoms with Gasteiger partial charge in [0.05, 0.1) is 37.5 Å². The van der Waals surface area contributed by atoms with Gasteiger partial charge in [-0.1, -0.05) is 13.8 Å². The number of ether oxygens (including phenoxy) is 5. The van der Waals surface area contributed by atoms with E-state index in [2.05, 4.69) is 0 Å². The standard InChI is InChI=1S/C40H44O14/c1-15-8-26(43)53-14-39(49)22-10-21(22)37(3)23(39)11-20-18(13-52-25(42)7-6-24(41)51-12-15)36(48)54-40(20)30-27(16(2)35(47)50-5)32(45)34(46)38(4)19-9-17(19)28(29(30)38)31(44)33(37)40/h8,17,19,21-23,30-31,33-34,44,46,49H,6-7,9-14H2,1-5H3. The summed E-state index contributed by atoms with van der Waals surface area (Å²) in [6, 6.07) is 0. The van der Waals surface area contributed by atoms with E-state index in [1.165, 1.54) is 20.1 Å². The van der Waals surface area contributed by atoms with Gasteiger partial charge in [0.15, 0.2) is 11.4 Å². The molecule has 13 atom stereocenters. The molecule has 5 fully saturated rings. The number of carbonyl (C=O) groups excluding carboxylic acids is 6. The first-order valence-corrected chi connectivity index (χ1v) is 18.7. The number of esters is 5. The second-order valence-corrected chi connectivity index (χ2v) is 17.4. The lowest BCUT2D eigenvalue weighted by Gasteiger charge is -2.64. The molecular formula is C40H44O14. The highest BCUT2D eigenvalue weighted by atomic mass is 16.6. The Morgan fingerprint density at radius 2 is 1.63 bits per heavy atom. The van der Waals surface area contributed by atoms with Crippen molar-refractivity contribution in [3.63, 3.8) is 0 Å². The quantitative estimate of drug-likeness (QED) is 0.150. The monoisotopic (exact) mass is 748 g/mol. The van der Waals surface area contributed by atoms with E-state index in [1.54, 1.807) is 13.8 Å². The van der Waals surface area contributed by atoms with E-state index >= 15 is 0 Å². The summed E-state index contributed by atoms with van der Waals surface area (Å²) in [7, 11) is 1.18. The molecule has 2 aliphatic heterocycles. The zero-order valence-corrected chi connectivity index (χ0v) is 30.8. The summed E-state index contributed by atoms with van der Waals surface area (Å²) in [5.74, 6) is -8.27. The van der Waals surface area contributed by atoms with Gasteiger partial charge in [-0.2, -0.15) is 0 Å². The molecule has 288 valence electrons. The second kappa shape index (κ2) is 11.2. The van der Waals surface area contributed by atoms with E-state index in [1.807, 2.05) is 6.92 Å². The number of Topliss-reactive ketones (excluding diaryl/α,β-unsaturated/α-hetero) is 1. The van der Waals surface area contributed by atoms with Crippen molar-refractivity contribution < 1.29 is 67.8 Å². The number of hydrogen-bond donors (Lipinski definition) is 3. The third-order valence-electron chi connectivity index (χ3n) is 15.1. The third-order valence-corrected chi connectivity index (χ3v) is 15.1. The van der Waals surface area contributed by atoms with Crippen LogP contribution in [-0.2, 0) is 52.5 Å². The first-order chi connectivity index (χ1) is 25.5. The number of methoxy groups -OCH3 is 1. The molecule has 1 spiro atoms. The SMILES string of the molecule is COC(=O)C(C)=C1C(=O)C(O)C2(C)C3=C(C(O)C4C5(OC(=O)C6=C5CC5C(O)(COC(=O)C=C(C)COC(=O)CCC(=O)OC6)C6CC6C54C)C13)C1CC12. The molecule has 5 saturated carbocycles. The van der Waals surface area contributed by atoms with Crippen molar-refractivity contribution in [3.8, 4) is 0 Å². The topological polar surface area (TPSA) is 209 Å². The first kappa shape index (κ1) is 35.6. The normalized spacial score (nSPS) is 47.1. The van der Waals surface area contributed by atoms with Gasteiger partial charge in [-0.3, -0.25) is 14.4 Å². The van der Waals surface area contributed by atoms with Crippen molar-refractivity contribution in [2.75, 3.05) is 26.9 Å². The maximum absolute atomic E-state index is 14.6. The zero-order chi connectivity index (χ0) is 38.6. The second-order valence-electron chi connectivity index (χ2n) is 17.4. The zero-order valence-electron chi connectivity index (χ0n) is 30.8. The van der Waals surface area contributed by atoms with Crippen molar-refractivity contribution in [2.45, 2.75) is 83.2 Å². The summed E-state index contributed by atoms with van der Waals surface area (Å²) < 4.78 is 28.2. The van der Waals surface area contributed by atoms with Crippen LogP contribution in [0.2, 0.25) is 0 Å². The molecule has 9 rings (SSSR count). The van der Waals surface area contributed by atoms with Crippen LogP contribution in [0.1, 0.15) is 59.8 Å². The fourth-order valence-corrected chi connectivity index (χ4v) is 12.8. The summed E-state index contributed by atoms with van der Waals surface area (Å²) >= 11 is 0. The molecule has 13 unspecified atom stereocenters. The number of aliphatic hydroxyl groups is 3. The number of ketones is 1. The van der Waals surface area contributed by atoms with E-state index in [9.17, 15) is 44.1 Å². The number of rotatable bonds is 1. The van der Waals surface area contributed by atoms with Gasteiger partial charge in [-0.25, -0.2) is 14.4 Å². The molecule has 14 nitrogen and oxygen atoms in total. The fourth-order valence-electron chi connectivity index (χ4n) is 12.8. The predicted octanol–water partition coefficient (Wildman–Crippen LogP) is 1.35. The van der Waals surface area contributed by atoms with Crippen LogP contribution in [-0.4, -0.2) is 101 Å². The van der Waals surface area contributed by atoms with Crippen LogP contribution < -0.4 is 0 Å². The maximum atomic E-state index is 14.6. The van der Waals surface area contributed by atoms with E-state index in [4.69, 9.17) is 23.7 Å². The highest BCUT2D eigenvalue weighted by Crippen LogP contribution is 2.83. The Bertz CT molecular complexity index is 2000. The molecule has 0 aromatic heterocycles. The minimum absolute atomic E-state index is 0.00936. The first-order valence-electron chi connectivity index (χ1n) is 18.7. The summed E-state index contributed by atoms with van der Waals surface area (Å²) in [5.41, 5.74) is -3.72. The molecule has 2 heterocycles. The van der Waals surface area contributed by atoms with Gasteiger partial charge in [-0.15, -0.1) is 0 Å². The maximum Gasteiger partial charge on any atom is 0.338 e. The lowest BCUT2D eigenvalue weighted by Crippen LogP contribution is -2.70. The Hall–Kier alpha value is -4.14. The van der Waals surface area contributed by atoms with Gasteiger partial charge in [-0.05, 0) is 84.5 Å². The molecule has 7 aliphatic carbocycles. The number of fused-ring (bicyclic) bond motifs is 7. The summed E-state index contributed by atoms with van der Waals surface area (Å²) in [4.78, 5) is 80.8. The van der Waals surface area contributed by atoms with Crippen LogP contribution >= 0.6 is 0 Å². The Kier molecular flexibility index (Phi) is 7.39. The summed E-state index contributed by atoms with van der Waals surface area (Å²) in [6.07, 6.45) is -1.15. The van der Waals surface area contributed by atoms with E-state index in [-0.39, 0.29) is 66.3 Å². The van der Waals surface area contributed by atoms with Gasteiger partial charge in [0, 0.05) is 34.5 Å². The highest BCUT2D eigenvalue weighted by molar-refractivity contribution is 6.09. The average molecular weight is 749 g/mol. The minimum Gasteiger partial charge on any atom is -0.466 e. The van der Waals surface area contributed by atoms with E-state index < -0.39 is 101 Å². The molecule has 3 N–H and O–H groups in total. The Morgan fingerprint density at radius 3 is 2.31 bits per heavy atom.